The molecule has 3 aromatic rings. The number of rotatable bonds is 3. The summed E-state index contributed by atoms with van der Waals surface area (Å²) in [7, 11) is 0. The van der Waals surface area contributed by atoms with Gasteiger partial charge in [0.25, 0.3) is 0 Å². The van der Waals surface area contributed by atoms with Gasteiger partial charge in [-0.25, -0.2) is 13.9 Å². The molecule has 2 atom stereocenters. The van der Waals surface area contributed by atoms with Gasteiger partial charge in [-0.05, 0) is 92.2 Å². The van der Waals surface area contributed by atoms with Crippen molar-refractivity contribution in [2.75, 3.05) is 18.0 Å². The summed E-state index contributed by atoms with van der Waals surface area (Å²) in [6.45, 7) is 9.56. The first kappa shape index (κ1) is 23.1. The van der Waals surface area contributed by atoms with E-state index >= 15 is 0 Å². The number of aryl methyl sites for hydroxylation is 1. The number of hydrogen-bond donors (Lipinski definition) is 1. The molecule has 1 aliphatic heterocycles. The molecule has 3 heterocycles. The van der Waals surface area contributed by atoms with Gasteiger partial charge in [0.1, 0.15) is 20.7 Å². The summed E-state index contributed by atoms with van der Waals surface area (Å²) in [6.07, 6.45) is 4.39. The molecule has 176 valence electrons. The maximum absolute atomic E-state index is 14.1. The zero-order valence-electron chi connectivity index (χ0n) is 19.4. The van der Waals surface area contributed by atoms with Crippen LogP contribution in [0.1, 0.15) is 56.5 Å². The third-order valence-electron chi connectivity index (χ3n) is 7.04. The standard InChI is InChI=1S/C24H29BrFN5OS/c1-15-21(25)31-19(7-10-27-31)22(28-15)30-11-8-24(9-12-30)14-16-13-17(26)5-6-18(16)20(24)29-33(32)23(2,3)4/h5-7,10,13,20,29H,8-9,11-12,14H2,1-4H3. The molecule has 1 aliphatic carbocycles. The predicted molar refractivity (Wildman–Crippen MR) is 133 cm³/mol. The van der Waals surface area contributed by atoms with Crippen molar-refractivity contribution >= 4 is 38.6 Å². The van der Waals surface area contributed by atoms with Crippen molar-refractivity contribution < 1.29 is 8.94 Å². The number of fused-ring (bicyclic) bond motifs is 2. The number of piperidine rings is 1. The maximum atomic E-state index is 14.1. The summed E-state index contributed by atoms with van der Waals surface area (Å²) in [5.74, 6) is 0.726. The van der Waals surface area contributed by atoms with E-state index < -0.39 is 11.4 Å². The van der Waals surface area contributed by atoms with E-state index in [0.29, 0.717) is 0 Å². The van der Waals surface area contributed by atoms with Crippen LogP contribution < -0.4 is 9.62 Å². The van der Waals surface area contributed by atoms with E-state index in [4.69, 9.17) is 4.98 Å². The van der Waals surface area contributed by atoms with E-state index in [2.05, 4.69) is 30.7 Å². The van der Waals surface area contributed by atoms with Gasteiger partial charge in [-0.3, -0.25) is 0 Å². The van der Waals surface area contributed by atoms with Crippen molar-refractivity contribution in [1.82, 2.24) is 19.3 Å². The van der Waals surface area contributed by atoms with E-state index in [1.54, 1.807) is 12.3 Å². The van der Waals surface area contributed by atoms with Crippen LogP contribution in [0.5, 0.6) is 0 Å². The second kappa shape index (κ2) is 8.22. The van der Waals surface area contributed by atoms with Crippen molar-refractivity contribution in [3.63, 3.8) is 0 Å². The molecule has 6 nitrogen and oxygen atoms in total. The Bertz CT molecular complexity index is 1200. The van der Waals surface area contributed by atoms with Crippen LogP contribution in [0.4, 0.5) is 10.2 Å². The summed E-state index contributed by atoms with van der Waals surface area (Å²) >= 11 is 2.37. The quantitative estimate of drug-likeness (QED) is 0.486. The minimum Gasteiger partial charge on any atom is -0.598 e. The lowest BCUT2D eigenvalue weighted by Crippen LogP contribution is -2.50. The Morgan fingerprint density at radius 3 is 2.67 bits per heavy atom. The SMILES string of the molecule is Cc1nc(N2CCC3(CC2)Cc2cc(F)ccc2C3N[S+]([O-])C(C)(C)C)c2ccnn2c1Br. The number of anilines is 1. The molecule has 1 saturated heterocycles. The summed E-state index contributed by atoms with van der Waals surface area (Å²) < 4.78 is 33.0. The highest BCUT2D eigenvalue weighted by Crippen LogP contribution is 2.53. The fraction of sp³-hybridized carbons (Fsp3) is 0.500. The summed E-state index contributed by atoms with van der Waals surface area (Å²) in [4.78, 5) is 7.19. The van der Waals surface area contributed by atoms with E-state index in [1.165, 1.54) is 6.07 Å². The van der Waals surface area contributed by atoms with Crippen molar-refractivity contribution in [3.8, 4) is 0 Å². The molecule has 2 unspecified atom stereocenters. The van der Waals surface area contributed by atoms with Crippen LogP contribution in [-0.2, 0) is 17.8 Å². The number of aromatic nitrogens is 3. The molecule has 2 aliphatic rings. The van der Waals surface area contributed by atoms with Gasteiger partial charge in [0.2, 0.25) is 0 Å². The lowest BCUT2D eigenvalue weighted by atomic mass is 9.73. The Balaban J connectivity index is 1.45. The molecule has 1 spiro atoms. The largest absolute Gasteiger partial charge is 0.598 e. The molecule has 5 rings (SSSR count). The number of halogens is 2. The van der Waals surface area contributed by atoms with Crippen LogP contribution in [0, 0.1) is 18.2 Å². The third kappa shape index (κ3) is 3.96. The minimum atomic E-state index is -1.22. The Labute approximate surface area is 205 Å². The number of nitrogens with zero attached hydrogens (tertiary/aromatic N) is 4. The summed E-state index contributed by atoms with van der Waals surface area (Å²) in [6, 6.07) is 6.97. The highest BCUT2D eigenvalue weighted by Gasteiger charge is 2.50. The van der Waals surface area contributed by atoms with Gasteiger partial charge in [-0.1, -0.05) is 6.07 Å². The lowest BCUT2D eigenvalue weighted by molar-refractivity contribution is 0.176. The molecule has 1 aromatic carbocycles. The van der Waals surface area contributed by atoms with Gasteiger partial charge in [0.05, 0.1) is 17.9 Å². The van der Waals surface area contributed by atoms with Crippen molar-refractivity contribution in [1.29, 1.82) is 0 Å². The van der Waals surface area contributed by atoms with Gasteiger partial charge in [0.15, 0.2) is 5.82 Å². The molecule has 0 saturated carbocycles. The van der Waals surface area contributed by atoms with Crippen molar-refractivity contribution in [2.45, 2.75) is 57.7 Å². The normalized spacial score (nSPS) is 21.1. The molecular formula is C24H29BrFN5OS. The van der Waals surface area contributed by atoms with Crippen LogP contribution in [0.25, 0.3) is 5.52 Å². The molecule has 0 bridgehead atoms. The van der Waals surface area contributed by atoms with Crippen LogP contribution in [0.3, 0.4) is 0 Å². The van der Waals surface area contributed by atoms with E-state index in [-0.39, 0.29) is 22.0 Å². The summed E-state index contributed by atoms with van der Waals surface area (Å²) in [5.41, 5.74) is 3.88. The molecule has 9 heteroatoms. The van der Waals surface area contributed by atoms with Gasteiger partial charge >= 0.3 is 0 Å². The molecule has 33 heavy (non-hydrogen) atoms. The van der Waals surface area contributed by atoms with Gasteiger partial charge in [0, 0.05) is 29.9 Å². The lowest BCUT2D eigenvalue weighted by Gasteiger charge is -2.44. The van der Waals surface area contributed by atoms with Crippen LogP contribution in [0.2, 0.25) is 0 Å². The average Bonchev–Trinajstić information content (AvgIpc) is 3.35. The molecule has 1 N–H and O–H groups in total. The van der Waals surface area contributed by atoms with E-state index in [0.717, 1.165) is 65.1 Å². The number of nitrogens with one attached hydrogen (secondary N) is 1. The Morgan fingerprint density at radius 1 is 1.24 bits per heavy atom. The van der Waals surface area contributed by atoms with Gasteiger partial charge in [-0.15, -0.1) is 4.72 Å². The smallest absolute Gasteiger partial charge is 0.155 e. The first-order valence-electron chi connectivity index (χ1n) is 11.3. The Kier molecular flexibility index (Phi) is 5.75. The first-order valence-corrected chi connectivity index (χ1v) is 13.2. The van der Waals surface area contributed by atoms with Crippen LogP contribution in [0.15, 0.2) is 35.1 Å². The number of hydrogen-bond acceptors (Lipinski definition) is 5. The van der Waals surface area contributed by atoms with Gasteiger partial charge in [-0.2, -0.15) is 5.10 Å². The van der Waals surface area contributed by atoms with Crippen LogP contribution >= 0.6 is 15.9 Å². The highest BCUT2D eigenvalue weighted by molar-refractivity contribution is 9.10. The average molecular weight is 534 g/mol. The second-order valence-corrected chi connectivity index (χ2v) is 13.0. The van der Waals surface area contributed by atoms with E-state index in [9.17, 15) is 8.94 Å². The molecular weight excluding hydrogens is 505 g/mol. The molecule has 2 aromatic heterocycles. The second-order valence-electron chi connectivity index (χ2n) is 10.2. The Morgan fingerprint density at radius 2 is 1.97 bits per heavy atom. The highest BCUT2D eigenvalue weighted by atomic mass is 79.9. The third-order valence-corrected chi connectivity index (χ3v) is 9.51. The Hall–Kier alpha value is -1.68. The summed E-state index contributed by atoms with van der Waals surface area (Å²) in [5, 5.41) is 4.43. The van der Waals surface area contributed by atoms with Crippen molar-refractivity contribution in [3.05, 3.63) is 57.7 Å². The predicted octanol–water partition coefficient (Wildman–Crippen LogP) is 4.88. The monoisotopic (exact) mass is 533 g/mol. The van der Waals surface area contributed by atoms with E-state index in [1.807, 2.05) is 44.3 Å². The minimum absolute atomic E-state index is 0.0649. The zero-order valence-corrected chi connectivity index (χ0v) is 21.8. The topological polar surface area (TPSA) is 68.5 Å². The number of benzene rings is 1. The zero-order chi connectivity index (χ0) is 23.5. The molecule has 0 amide bonds. The van der Waals surface area contributed by atoms with Crippen molar-refractivity contribution in [2.24, 2.45) is 5.41 Å². The van der Waals surface area contributed by atoms with Gasteiger partial charge < -0.3 is 9.45 Å². The fourth-order valence-corrected chi connectivity index (χ4v) is 6.52. The van der Waals surface area contributed by atoms with Crippen LogP contribution in [-0.4, -0.2) is 37.0 Å². The molecule has 1 fully saturated rings. The molecule has 0 radical (unpaired) electrons. The fourth-order valence-electron chi connectivity index (χ4n) is 5.20. The first-order chi connectivity index (χ1) is 15.6. The maximum Gasteiger partial charge on any atom is 0.155 e.